The standard InChI is InChI=1S/C7H7N3O3/c1-12-6-5(10-4-11)7(13-2)9-3-8-6/h3H,1-2H3. The lowest BCUT2D eigenvalue weighted by Crippen LogP contribution is -1.93. The van der Waals surface area contributed by atoms with Gasteiger partial charge in [-0.1, -0.05) is 0 Å². The molecule has 1 aromatic rings. The fraction of sp³-hybridized carbons (Fsp3) is 0.286. The minimum atomic E-state index is 0.141. The first-order chi connectivity index (χ1) is 6.33. The average Bonchev–Trinajstić information content (AvgIpc) is 2.18. The molecule has 0 saturated heterocycles. The van der Waals surface area contributed by atoms with E-state index in [4.69, 9.17) is 9.47 Å². The molecule has 0 atom stereocenters. The summed E-state index contributed by atoms with van der Waals surface area (Å²) >= 11 is 0. The Labute approximate surface area is 74.2 Å². The predicted octanol–water partition coefficient (Wildman–Crippen LogP) is 0.461. The van der Waals surface area contributed by atoms with Gasteiger partial charge in [0.1, 0.15) is 6.33 Å². The maximum atomic E-state index is 10.1. The molecule has 13 heavy (non-hydrogen) atoms. The van der Waals surface area contributed by atoms with Crippen LogP contribution in [-0.2, 0) is 4.79 Å². The molecule has 0 aliphatic rings. The van der Waals surface area contributed by atoms with Crippen LogP contribution >= 0.6 is 0 Å². The van der Waals surface area contributed by atoms with Gasteiger partial charge in [-0.25, -0.2) is 4.79 Å². The molecule has 6 heteroatoms. The minimum absolute atomic E-state index is 0.141. The Morgan fingerprint density at radius 3 is 2.23 bits per heavy atom. The zero-order valence-corrected chi connectivity index (χ0v) is 7.14. The second-order valence-corrected chi connectivity index (χ2v) is 1.94. The third kappa shape index (κ3) is 1.80. The first-order valence-electron chi connectivity index (χ1n) is 3.34. The number of isocyanates is 1. The molecule has 0 aliphatic carbocycles. The van der Waals surface area contributed by atoms with E-state index in [9.17, 15) is 4.79 Å². The molecule has 0 saturated carbocycles. The van der Waals surface area contributed by atoms with Gasteiger partial charge < -0.3 is 9.47 Å². The molecule has 0 fully saturated rings. The summed E-state index contributed by atoms with van der Waals surface area (Å²) in [6.45, 7) is 0. The van der Waals surface area contributed by atoms with E-state index in [2.05, 4.69) is 15.0 Å². The summed E-state index contributed by atoms with van der Waals surface area (Å²) < 4.78 is 9.67. The van der Waals surface area contributed by atoms with Gasteiger partial charge in [0.25, 0.3) is 0 Å². The van der Waals surface area contributed by atoms with Gasteiger partial charge in [0, 0.05) is 0 Å². The molecule has 0 amide bonds. The molecule has 1 aromatic heterocycles. The fourth-order valence-corrected chi connectivity index (χ4v) is 0.788. The minimum Gasteiger partial charge on any atom is -0.479 e. The van der Waals surface area contributed by atoms with Crippen LogP contribution in [0.2, 0.25) is 0 Å². The van der Waals surface area contributed by atoms with Crippen LogP contribution in [0.4, 0.5) is 5.69 Å². The highest BCUT2D eigenvalue weighted by Gasteiger charge is 2.11. The van der Waals surface area contributed by atoms with E-state index in [1.54, 1.807) is 0 Å². The van der Waals surface area contributed by atoms with Crippen molar-refractivity contribution in [3.8, 4) is 11.8 Å². The van der Waals surface area contributed by atoms with E-state index in [1.807, 2.05) is 0 Å². The molecule has 0 bridgehead atoms. The largest absolute Gasteiger partial charge is 0.479 e. The van der Waals surface area contributed by atoms with Gasteiger partial charge in [-0.15, -0.1) is 0 Å². The lowest BCUT2D eigenvalue weighted by molar-refractivity contribution is 0.374. The SMILES string of the molecule is COc1ncnc(OC)c1N=C=O. The first-order valence-corrected chi connectivity index (χ1v) is 3.34. The van der Waals surface area contributed by atoms with Crippen LogP contribution in [0, 0.1) is 0 Å². The molecule has 0 radical (unpaired) electrons. The van der Waals surface area contributed by atoms with Crippen LogP contribution in [0.3, 0.4) is 0 Å². The van der Waals surface area contributed by atoms with Gasteiger partial charge in [-0.3, -0.25) is 0 Å². The zero-order chi connectivity index (χ0) is 9.68. The molecule has 1 rings (SSSR count). The van der Waals surface area contributed by atoms with Crippen LogP contribution in [0.5, 0.6) is 11.8 Å². The highest BCUT2D eigenvalue weighted by Crippen LogP contribution is 2.31. The Morgan fingerprint density at radius 1 is 1.31 bits per heavy atom. The van der Waals surface area contributed by atoms with Crippen LogP contribution < -0.4 is 9.47 Å². The van der Waals surface area contributed by atoms with Crippen LogP contribution in [0.1, 0.15) is 0 Å². The molecular formula is C7H7N3O3. The summed E-state index contributed by atoms with van der Waals surface area (Å²) in [7, 11) is 2.82. The van der Waals surface area contributed by atoms with Crippen molar-refractivity contribution < 1.29 is 14.3 Å². The summed E-state index contributed by atoms with van der Waals surface area (Å²) in [4.78, 5) is 20.9. The van der Waals surface area contributed by atoms with Crippen molar-refractivity contribution in [2.24, 2.45) is 4.99 Å². The number of hydrogen-bond donors (Lipinski definition) is 0. The molecular weight excluding hydrogens is 174 g/mol. The predicted molar refractivity (Wildman–Crippen MR) is 42.9 cm³/mol. The van der Waals surface area contributed by atoms with Crippen molar-refractivity contribution in [3.63, 3.8) is 0 Å². The van der Waals surface area contributed by atoms with Gasteiger partial charge in [0.05, 0.1) is 14.2 Å². The number of hydrogen-bond acceptors (Lipinski definition) is 6. The van der Waals surface area contributed by atoms with Gasteiger partial charge in [-0.05, 0) is 0 Å². The number of methoxy groups -OCH3 is 2. The smallest absolute Gasteiger partial charge is 0.247 e. The van der Waals surface area contributed by atoms with Gasteiger partial charge in [-0.2, -0.15) is 15.0 Å². The second kappa shape index (κ2) is 4.18. The lowest BCUT2D eigenvalue weighted by atomic mass is 10.5. The Hall–Kier alpha value is -1.94. The number of nitrogens with zero attached hydrogens (tertiary/aromatic N) is 3. The summed E-state index contributed by atoms with van der Waals surface area (Å²) in [5.41, 5.74) is 0.141. The monoisotopic (exact) mass is 181 g/mol. The van der Waals surface area contributed by atoms with Gasteiger partial charge in [0.2, 0.25) is 23.5 Å². The Morgan fingerprint density at radius 2 is 1.85 bits per heavy atom. The normalized spacial score (nSPS) is 8.77. The van der Waals surface area contributed by atoms with Crippen LogP contribution in [-0.4, -0.2) is 30.3 Å². The van der Waals surface area contributed by atoms with Gasteiger partial charge in [0.15, 0.2) is 0 Å². The Kier molecular flexibility index (Phi) is 2.94. The van der Waals surface area contributed by atoms with Crippen molar-refractivity contribution >= 4 is 11.8 Å². The summed E-state index contributed by atoms with van der Waals surface area (Å²) in [5.74, 6) is 0.352. The number of ether oxygens (including phenoxy) is 2. The molecule has 0 aromatic carbocycles. The topological polar surface area (TPSA) is 73.7 Å². The van der Waals surface area contributed by atoms with E-state index in [0.717, 1.165) is 0 Å². The van der Waals surface area contributed by atoms with Crippen molar-refractivity contribution in [2.45, 2.75) is 0 Å². The molecule has 1 heterocycles. The fourth-order valence-electron chi connectivity index (χ4n) is 0.788. The molecule has 0 unspecified atom stereocenters. The highest BCUT2D eigenvalue weighted by atomic mass is 16.5. The lowest BCUT2D eigenvalue weighted by Gasteiger charge is -2.04. The van der Waals surface area contributed by atoms with Crippen molar-refractivity contribution in [3.05, 3.63) is 6.33 Å². The molecule has 0 N–H and O–H groups in total. The maximum absolute atomic E-state index is 10.1. The third-order valence-electron chi connectivity index (χ3n) is 1.30. The van der Waals surface area contributed by atoms with E-state index >= 15 is 0 Å². The van der Waals surface area contributed by atoms with E-state index in [0.29, 0.717) is 0 Å². The summed E-state index contributed by atoms with van der Waals surface area (Å²) in [5, 5.41) is 0. The number of aromatic nitrogens is 2. The van der Waals surface area contributed by atoms with Crippen molar-refractivity contribution in [2.75, 3.05) is 14.2 Å². The molecule has 68 valence electrons. The average molecular weight is 181 g/mol. The third-order valence-corrected chi connectivity index (χ3v) is 1.30. The maximum Gasteiger partial charge on any atom is 0.247 e. The first kappa shape index (κ1) is 9.15. The van der Waals surface area contributed by atoms with E-state index < -0.39 is 0 Å². The van der Waals surface area contributed by atoms with Crippen LogP contribution in [0.25, 0.3) is 0 Å². The van der Waals surface area contributed by atoms with Crippen LogP contribution in [0.15, 0.2) is 11.3 Å². The zero-order valence-electron chi connectivity index (χ0n) is 7.14. The van der Waals surface area contributed by atoms with E-state index in [-0.39, 0.29) is 17.4 Å². The Bertz CT molecular complexity index is 325. The number of rotatable bonds is 3. The van der Waals surface area contributed by atoms with Crippen molar-refractivity contribution in [1.82, 2.24) is 9.97 Å². The second-order valence-electron chi connectivity index (χ2n) is 1.94. The Balaban J connectivity index is 3.28. The van der Waals surface area contributed by atoms with Gasteiger partial charge >= 0.3 is 0 Å². The number of carbonyl (C=O) groups excluding carboxylic acids is 1. The highest BCUT2D eigenvalue weighted by molar-refractivity contribution is 5.60. The quantitative estimate of drug-likeness (QED) is 0.500. The molecule has 6 nitrogen and oxygen atoms in total. The van der Waals surface area contributed by atoms with Crippen molar-refractivity contribution in [1.29, 1.82) is 0 Å². The van der Waals surface area contributed by atoms with E-state index in [1.165, 1.54) is 26.6 Å². The summed E-state index contributed by atoms with van der Waals surface area (Å²) in [6, 6.07) is 0. The molecule has 0 spiro atoms. The molecule has 0 aliphatic heterocycles. The summed E-state index contributed by atoms with van der Waals surface area (Å²) in [6.07, 6.45) is 2.62. The number of aliphatic imine (C=N–C) groups is 1.